The van der Waals surface area contributed by atoms with Gasteiger partial charge in [0, 0.05) is 6.20 Å². The van der Waals surface area contributed by atoms with Crippen LogP contribution in [0.3, 0.4) is 0 Å². The third-order valence-corrected chi connectivity index (χ3v) is 6.49. The second-order valence-electron chi connectivity index (χ2n) is 4.78. The predicted molar refractivity (Wildman–Crippen MR) is 82.6 cm³/mol. The van der Waals surface area contributed by atoms with Crippen LogP contribution in [0.5, 0.6) is 0 Å². The van der Waals surface area contributed by atoms with Crippen molar-refractivity contribution in [1.82, 2.24) is 9.55 Å². The molecule has 154 valence electrons. The highest BCUT2D eigenvalue weighted by Crippen LogP contribution is 2.66. The lowest BCUT2D eigenvalue weighted by molar-refractivity contribution is -0.0973. The molecule has 27 heavy (non-hydrogen) atoms. The summed E-state index contributed by atoms with van der Waals surface area (Å²) in [7, 11) is -16.4. The summed E-state index contributed by atoms with van der Waals surface area (Å²) < 4.78 is 56.0. The van der Waals surface area contributed by atoms with Crippen molar-refractivity contribution in [1.29, 1.82) is 0 Å². The van der Waals surface area contributed by atoms with Crippen LogP contribution in [-0.2, 0) is 36.3 Å². The van der Waals surface area contributed by atoms with Gasteiger partial charge in [-0.25, -0.2) is 18.5 Å². The molecule has 2 unspecified atom stereocenters. The fourth-order valence-electron chi connectivity index (χ4n) is 1.78. The van der Waals surface area contributed by atoms with Crippen LogP contribution < -0.4 is 11.4 Å². The van der Waals surface area contributed by atoms with Gasteiger partial charge in [0.05, 0.1) is 6.61 Å². The molecule has 4 atom stereocenters. The first-order valence-corrected chi connectivity index (χ1v) is 11.2. The number of nitrogens with zero attached hydrogens (tertiary/aromatic N) is 2. The maximum absolute atomic E-state index is 11.7. The predicted octanol–water partition coefficient (Wildman–Crippen LogP) is -0.960. The summed E-state index contributed by atoms with van der Waals surface area (Å²) in [5.74, 6) is -0.0145. The first kappa shape index (κ1) is 22.3. The summed E-state index contributed by atoms with van der Waals surface area (Å²) in [6.45, 7) is -0.979. The molecule has 0 amide bonds. The first-order chi connectivity index (χ1) is 12.3. The number of aromatic nitrogens is 2. The van der Waals surface area contributed by atoms with E-state index in [2.05, 4.69) is 18.1 Å². The van der Waals surface area contributed by atoms with Crippen LogP contribution in [0.2, 0.25) is 0 Å². The van der Waals surface area contributed by atoms with Crippen molar-refractivity contribution in [2.24, 2.45) is 0 Å². The van der Waals surface area contributed by atoms with Crippen molar-refractivity contribution >= 4 is 29.3 Å². The third-order valence-electron chi connectivity index (χ3n) is 2.69. The summed E-state index contributed by atoms with van der Waals surface area (Å²) in [5, 5.41) is 0. The lowest BCUT2D eigenvalue weighted by atomic mass is 10.5. The minimum absolute atomic E-state index is 0.0145. The fraction of sp³-hybridized carbons (Fsp3) is 0.500. The quantitative estimate of drug-likeness (QED) is 0.298. The van der Waals surface area contributed by atoms with Gasteiger partial charge in [-0.2, -0.15) is 13.6 Å². The zero-order chi connectivity index (χ0) is 20.5. The molecule has 1 saturated heterocycles. The molecule has 0 bridgehead atoms. The van der Waals surface area contributed by atoms with E-state index >= 15 is 0 Å². The number of anilines is 1. The van der Waals surface area contributed by atoms with E-state index in [0.29, 0.717) is 0 Å². The topological polar surface area (TPSA) is 239 Å². The zero-order valence-corrected chi connectivity index (χ0v) is 15.7. The van der Waals surface area contributed by atoms with Gasteiger partial charge in [-0.15, -0.1) is 0 Å². The molecule has 1 fully saturated rings. The third kappa shape index (κ3) is 7.16. The number of phosphoric ester groups is 1. The first-order valence-electron chi connectivity index (χ1n) is 6.66. The number of hydrogen-bond acceptors (Lipinski definition) is 11. The van der Waals surface area contributed by atoms with Gasteiger partial charge < -0.3 is 34.8 Å². The summed E-state index contributed by atoms with van der Waals surface area (Å²) >= 11 is 0. The van der Waals surface area contributed by atoms with Gasteiger partial charge >= 0.3 is 29.2 Å². The Balaban J connectivity index is 1.91. The van der Waals surface area contributed by atoms with Crippen molar-refractivity contribution in [3.8, 4) is 0 Å². The molecule has 19 heteroatoms. The van der Waals surface area contributed by atoms with Gasteiger partial charge in [0.2, 0.25) is 0 Å². The Morgan fingerprint density at radius 1 is 1.22 bits per heavy atom. The molecule has 0 aromatic carbocycles. The molecule has 0 spiro atoms. The SMILES string of the molecule is Nc1ccn([C@@H]2CO[C@H](COP(=O)(O)OP(=O)(O)OP(=O)(O)O)O2)c(=O)n1. The lowest BCUT2D eigenvalue weighted by Crippen LogP contribution is -2.28. The summed E-state index contributed by atoms with van der Waals surface area (Å²) in [6.07, 6.45) is -0.965. The molecule has 1 aromatic rings. The molecule has 2 heterocycles. The van der Waals surface area contributed by atoms with E-state index in [0.717, 1.165) is 4.57 Å². The Morgan fingerprint density at radius 2 is 1.89 bits per heavy atom. The van der Waals surface area contributed by atoms with Crippen molar-refractivity contribution in [3.05, 3.63) is 22.7 Å². The second kappa shape index (κ2) is 8.17. The molecule has 1 aromatic heterocycles. The Kier molecular flexibility index (Phi) is 6.75. The molecule has 1 aliphatic rings. The largest absolute Gasteiger partial charge is 0.490 e. The molecule has 1 aliphatic heterocycles. The normalized spacial score (nSPS) is 25.0. The highest BCUT2D eigenvalue weighted by Gasteiger charge is 2.41. The Labute approximate surface area is 149 Å². The van der Waals surface area contributed by atoms with E-state index in [1.54, 1.807) is 0 Å². The van der Waals surface area contributed by atoms with E-state index in [-0.39, 0.29) is 12.4 Å². The fourth-order valence-corrected chi connectivity index (χ4v) is 4.78. The molecule has 0 radical (unpaired) electrons. The van der Waals surface area contributed by atoms with E-state index < -0.39 is 48.3 Å². The van der Waals surface area contributed by atoms with Crippen LogP contribution in [0.25, 0.3) is 0 Å². The van der Waals surface area contributed by atoms with E-state index in [4.69, 9.17) is 29.9 Å². The van der Waals surface area contributed by atoms with Crippen LogP contribution in [0.4, 0.5) is 5.82 Å². The minimum Gasteiger partial charge on any atom is -0.383 e. The van der Waals surface area contributed by atoms with Crippen molar-refractivity contribution in [2.45, 2.75) is 12.5 Å². The van der Waals surface area contributed by atoms with Gasteiger partial charge in [0.1, 0.15) is 12.4 Å². The van der Waals surface area contributed by atoms with Crippen LogP contribution >= 0.6 is 23.5 Å². The monoisotopic (exact) mass is 453 g/mol. The van der Waals surface area contributed by atoms with Crippen LogP contribution in [0.1, 0.15) is 6.23 Å². The van der Waals surface area contributed by atoms with Gasteiger partial charge in [0.25, 0.3) is 0 Å². The number of phosphoric acid groups is 3. The van der Waals surface area contributed by atoms with Crippen LogP contribution in [0.15, 0.2) is 17.1 Å². The van der Waals surface area contributed by atoms with Crippen molar-refractivity contribution in [2.75, 3.05) is 18.9 Å². The Bertz CT molecular complexity index is 882. The van der Waals surface area contributed by atoms with Gasteiger partial charge in [0.15, 0.2) is 12.5 Å². The zero-order valence-electron chi connectivity index (χ0n) is 13.0. The maximum Gasteiger partial charge on any atom is 0.490 e. The maximum atomic E-state index is 11.7. The number of nitrogen functional groups attached to an aromatic ring is 1. The average Bonchev–Trinajstić information content (AvgIpc) is 2.90. The summed E-state index contributed by atoms with van der Waals surface area (Å²) in [5.41, 5.74) is 4.61. The smallest absolute Gasteiger partial charge is 0.383 e. The van der Waals surface area contributed by atoms with Gasteiger partial charge in [-0.1, -0.05) is 0 Å². The Morgan fingerprint density at radius 3 is 2.48 bits per heavy atom. The number of nitrogens with two attached hydrogens (primary N) is 1. The Hall–Kier alpha value is -0.990. The number of ether oxygens (including phenoxy) is 2. The summed E-state index contributed by atoms with van der Waals surface area (Å²) in [6, 6.07) is 1.32. The highest BCUT2D eigenvalue weighted by atomic mass is 31.3. The van der Waals surface area contributed by atoms with E-state index in [9.17, 15) is 23.4 Å². The molecule has 6 N–H and O–H groups in total. The average molecular weight is 453 g/mol. The number of rotatable bonds is 8. The van der Waals surface area contributed by atoms with Gasteiger partial charge in [-0.05, 0) is 6.07 Å². The van der Waals surface area contributed by atoms with Crippen molar-refractivity contribution < 1.29 is 55.9 Å². The van der Waals surface area contributed by atoms with E-state index in [1.165, 1.54) is 12.3 Å². The minimum atomic E-state index is -5.62. The standard InChI is InChI=1S/C8H14N3O13P3/c9-5-1-2-11(8(12)10-5)6-3-20-7(22-6)4-21-26(16,17)24-27(18,19)23-25(13,14)15/h1-2,6-7H,3-4H2,(H,16,17)(H,18,19)(H2,9,10,12)(H2,13,14,15)/t6-,7-/m0/s1. The van der Waals surface area contributed by atoms with Crippen LogP contribution in [0, 0.1) is 0 Å². The molecular formula is C8H14N3O13P3. The van der Waals surface area contributed by atoms with E-state index in [1.807, 2.05) is 0 Å². The van der Waals surface area contributed by atoms with Crippen LogP contribution in [-0.4, -0.2) is 48.6 Å². The second-order valence-corrected chi connectivity index (χ2v) is 9.20. The highest BCUT2D eigenvalue weighted by molar-refractivity contribution is 7.66. The molecule has 2 rings (SSSR count). The lowest BCUT2D eigenvalue weighted by Gasteiger charge is -2.17. The van der Waals surface area contributed by atoms with Gasteiger partial charge in [-0.3, -0.25) is 9.09 Å². The molecule has 16 nitrogen and oxygen atoms in total. The molecule has 0 aliphatic carbocycles. The summed E-state index contributed by atoms with van der Waals surface area (Å²) in [4.78, 5) is 50.3. The molecular weight excluding hydrogens is 439 g/mol. The number of hydrogen-bond donors (Lipinski definition) is 5. The molecule has 0 saturated carbocycles. The van der Waals surface area contributed by atoms with Crippen molar-refractivity contribution in [3.63, 3.8) is 0 Å².